The van der Waals surface area contributed by atoms with Crippen LogP contribution in [0.25, 0.3) is 11.0 Å². The van der Waals surface area contributed by atoms with Crippen molar-refractivity contribution in [1.29, 1.82) is 0 Å². The molecule has 2 fully saturated rings. The summed E-state index contributed by atoms with van der Waals surface area (Å²) in [6, 6.07) is 8.43. The summed E-state index contributed by atoms with van der Waals surface area (Å²) in [5.74, 6) is 0.0706. The van der Waals surface area contributed by atoms with Gasteiger partial charge in [-0.05, 0) is 51.4 Å². The van der Waals surface area contributed by atoms with Crippen LogP contribution in [0.4, 0.5) is 0 Å². The van der Waals surface area contributed by atoms with Crippen LogP contribution in [-0.4, -0.2) is 57.1 Å². The van der Waals surface area contributed by atoms with E-state index in [1.807, 2.05) is 29.2 Å². The molecule has 0 bridgehead atoms. The highest BCUT2D eigenvalue weighted by Crippen LogP contribution is 2.29. The van der Waals surface area contributed by atoms with Crippen LogP contribution in [0.3, 0.4) is 0 Å². The number of amides is 1. The predicted octanol–water partition coefficient (Wildman–Crippen LogP) is 1.43. The Morgan fingerprint density at radius 1 is 1.04 bits per heavy atom. The number of imidazole rings is 1. The van der Waals surface area contributed by atoms with Gasteiger partial charge in [0, 0.05) is 25.7 Å². The quantitative estimate of drug-likeness (QED) is 0.848. The van der Waals surface area contributed by atoms with E-state index in [2.05, 4.69) is 11.9 Å². The molecular weight excluding hydrogens is 316 g/mol. The molecule has 0 unspecified atom stereocenters. The molecule has 0 aliphatic carbocycles. The van der Waals surface area contributed by atoms with Crippen molar-refractivity contribution in [3.8, 4) is 0 Å². The maximum Gasteiger partial charge on any atom is 0.329 e. The van der Waals surface area contributed by atoms with Crippen LogP contribution in [-0.2, 0) is 18.4 Å². The lowest BCUT2D eigenvalue weighted by Crippen LogP contribution is -2.48. The first kappa shape index (κ1) is 16.4. The zero-order valence-corrected chi connectivity index (χ0v) is 15.0. The smallest absolute Gasteiger partial charge is 0.329 e. The van der Waals surface area contributed by atoms with Crippen molar-refractivity contribution in [1.82, 2.24) is 18.9 Å². The van der Waals surface area contributed by atoms with Crippen LogP contribution in [0.5, 0.6) is 0 Å². The van der Waals surface area contributed by atoms with Crippen molar-refractivity contribution in [2.24, 2.45) is 7.05 Å². The van der Waals surface area contributed by atoms with Crippen molar-refractivity contribution in [2.45, 2.75) is 44.3 Å². The third-order valence-corrected chi connectivity index (χ3v) is 5.99. The molecule has 6 heteroatoms. The Kier molecular flexibility index (Phi) is 4.15. The number of para-hydroxylation sites is 2. The first-order valence-corrected chi connectivity index (χ1v) is 9.22. The van der Waals surface area contributed by atoms with Gasteiger partial charge in [0.15, 0.2) is 0 Å². The Balaban J connectivity index is 1.60. The Labute approximate surface area is 147 Å². The molecule has 2 aliphatic rings. The van der Waals surface area contributed by atoms with Gasteiger partial charge in [0.1, 0.15) is 6.54 Å². The molecule has 6 nitrogen and oxygen atoms in total. The fourth-order valence-corrected chi connectivity index (χ4v) is 4.67. The fraction of sp³-hybridized carbons (Fsp3) is 0.579. The van der Waals surface area contributed by atoms with Gasteiger partial charge in [0.2, 0.25) is 5.91 Å². The lowest BCUT2D eigenvalue weighted by atomic mass is 10.0. The van der Waals surface area contributed by atoms with Gasteiger partial charge in [0.05, 0.1) is 11.0 Å². The normalized spacial score (nSPS) is 24.5. The standard InChI is InChI=1S/C19H26N4O2/c1-20-11-5-9-14(20)16-10-6-12-22(16)18(24)13-23-17-8-4-3-7-15(17)21(2)19(23)25/h3-4,7-8,14,16H,5-6,9-13H2,1-2H3/t14-,16+/m1/s1. The third kappa shape index (κ3) is 2.68. The van der Waals surface area contributed by atoms with Crippen molar-refractivity contribution >= 4 is 16.9 Å². The number of carbonyl (C=O) groups excluding carboxylic acids is 1. The molecular formula is C19H26N4O2. The lowest BCUT2D eigenvalue weighted by Gasteiger charge is -2.33. The van der Waals surface area contributed by atoms with Gasteiger partial charge in [-0.1, -0.05) is 12.1 Å². The minimum Gasteiger partial charge on any atom is -0.337 e. The van der Waals surface area contributed by atoms with Crippen LogP contribution < -0.4 is 5.69 Å². The first-order chi connectivity index (χ1) is 12.1. The highest BCUT2D eigenvalue weighted by Gasteiger charge is 2.38. The largest absolute Gasteiger partial charge is 0.337 e. The number of aromatic nitrogens is 2. The summed E-state index contributed by atoms with van der Waals surface area (Å²) in [5.41, 5.74) is 1.58. The third-order valence-electron chi connectivity index (χ3n) is 5.99. The molecule has 1 aromatic carbocycles. The van der Waals surface area contributed by atoms with Crippen molar-refractivity contribution in [3.05, 3.63) is 34.7 Å². The second-order valence-corrected chi connectivity index (χ2v) is 7.40. The summed E-state index contributed by atoms with van der Waals surface area (Å²) < 4.78 is 3.24. The van der Waals surface area contributed by atoms with E-state index in [1.165, 1.54) is 12.8 Å². The molecule has 0 radical (unpaired) electrons. The molecule has 1 aromatic heterocycles. The molecule has 2 atom stereocenters. The maximum atomic E-state index is 13.0. The highest BCUT2D eigenvalue weighted by molar-refractivity contribution is 5.81. The minimum atomic E-state index is -0.122. The highest BCUT2D eigenvalue weighted by atomic mass is 16.2. The van der Waals surface area contributed by atoms with Crippen LogP contribution >= 0.6 is 0 Å². The number of likely N-dealkylation sites (N-methyl/N-ethyl adjacent to an activating group) is 1. The van der Waals surface area contributed by atoms with Crippen LogP contribution in [0.1, 0.15) is 25.7 Å². The molecule has 3 heterocycles. The number of fused-ring (bicyclic) bond motifs is 1. The van der Waals surface area contributed by atoms with Gasteiger partial charge in [0.25, 0.3) is 0 Å². The lowest BCUT2D eigenvalue weighted by molar-refractivity contribution is -0.133. The molecule has 2 saturated heterocycles. The topological polar surface area (TPSA) is 50.5 Å². The van der Waals surface area contributed by atoms with Crippen LogP contribution in [0.15, 0.2) is 29.1 Å². The zero-order valence-electron chi connectivity index (χ0n) is 15.0. The number of nitrogens with zero attached hydrogens (tertiary/aromatic N) is 4. The van der Waals surface area contributed by atoms with Crippen LogP contribution in [0, 0.1) is 0 Å². The summed E-state index contributed by atoms with van der Waals surface area (Å²) >= 11 is 0. The summed E-state index contributed by atoms with van der Waals surface area (Å²) in [4.78, 5) is 30.0. The summed E-state index contributed by atoms with van der Waals surface area (Å²) in [6.45, 7) is 2.06. The average molecular weight is 342 g/mol. The molecule has 0 N–H and O–H groups in total. The summed E-state index contributed by atoms with van der Waals surface area (Å²) in [7, 11) is 3.92. The molecule has 0 saturated carbocycles. The number of hydrogen-bond acceptors (Lipinski definition) is 3. The summed E-state index contributed by atoms with van der Waals surface area (Å²) in [6.07, 6.45) is 4.51. The van der Waals surface area contributed by atoms with E-state index in [9.17, 15) is 9.59 Å². The van der Waals surface area contributed by atoms with Gasteiger partial charge in [-0.15, -0.1) is 0 Å². The Hall–Kier alpha value is -2.08. The first-order valence-electron chi connectivity index (χ1n) is 9.22. The summed E-state index contributed by atoms with van der Waals surface area (Å²) in [5, 5.41) is 0. The van der Waals surface area contributed by atoms with Crippen molar-refractivity contribution in [3.63, 3.8) is 0 Å². The molecule has 4 rings (SSSR count). The Bertz CT molecular complexity index is 853. The van der Waals surface area contributed by atoms with E-state index >= 15 is 0 Å². The van der Waals surface area contributed by atoms with E-state index < -0.39 is 0 Å². The van der Waals surface area contributed by atoms with Gasteiger partial charge in [-0.3, -0.25) is 13.9 Å². The Morgan fingerprint density at radius 3 is 2.44 bits per heavy atom. The molecule has 2 aromatic rings. The van der Waals surface area contributed by atoms with E-state index in [0.29, 0.717) is 12.1 Å². The predicted molar refractivity (Wildman–Crippen MR) is 97.6 cm³/mol. The Morgan fingerprint density at radius 2 is 1.72 bits per heavy atom. The van der Waals surface area contributed by atoms with Crippen LogP contribution in [0.2, 0.25) is 0 Å². The van der Waals surface area contributed by atoms with Gasteiger partial charge >= 0.3 is 5.69 Å². The van der Waals surface area contributed by atoms with Gasteiger partial charge in [-0.2, -0.15) is 0 Å². The molecule has 25 heavy (non-hydrogen) atoms. The molecule has 0 spiro atoms. The molecule has 134 valence electrons. The fourth-order valence-electron chi connectivity index (χ4n) is 4.67. The monoisotopic (exact) mass is 342 g/mol. The van der Waals surface area contributed by atoms with Crippen molar-refractivity contribution in [2.75, 3.05) is 20.1 Å². The van der Waals surface area contributed by atoms with E-state index in [0.717, 1.165) is 37.0 Å². The minimum absolute atomic E-state index is 0.0706. The second kappa shape index (κ2) is 6.33. The zero-order chi connectivity index (χ0) is 17.6. The number of hydrogen-bond donors (Lipinski definition) is 0. The van der Waals surface area contributed by atoms with Gasteiger partial charge in [-0.25, -0.2) is 4.79 Å². The SMILES string of the molecule is CN1CCC[C@@H]1[C@@H]1CCCN1C(=O)Cn1c(=O)n(C)c2ccccc21. The molecule has 2 aliphatic heterocycles. The number of benzene rings is 1. The van der Waals surface area contributed by atoms with Gasteiger partial charge < -0.3 is 9.80 Å². The number of rotatable bonds is 3. The number of likely N-dealkylation sites (tertiary alicyclic amines) is 2. The van der Waals surface area contributed by atoms with E-state index in [-0.39, 0.29) is 18.1 Å². The second-order valence-electron chi connectivity index (χ2n) is 7.40. The molecule has 1 amide bonds. The average Bonchev–Trinajstić information content (AvgIpc) is 3.30. The van der Waals surface area contributed by atoms with E-state index in [1.54, 1.807) is 16.2 Å². The number of carbonyl (C=O) groups is 1. The maximum absolute atomic E-state index is 13.0. The van der Waals surface area contributed by atoms with E-state index in [4.69, 9.17) is 0 Å². The van der Waals surface area contributed by atoms with Crippen molar-refractivity contribution < 1.29 is 4.79 Å². The number of aryl methyl sites for hydroxylation is 1.